The predicted molar refractivity (Wildman–Crippen MR) is 74.0 cm³/mol. The predicted octanol–water partition coefficient (Wildman–Crippen LogP) is 3.70. The van der Waals surface area contributed by atoms with Crippen LogP contribution >= 0.6 is 11.6 Å². The molecule has 98 valence electrons. The summed E-state index contributed by atoms with van der Waals surface area (Å²) in [5, 5.41) is 4.34. The third-order valence-corrected chi connectivity index (χ3v) is 4.39. The van der Waals surface area contributed by atoms with E-state index in [0.29, 0.717) is 0 Å². The van der Waals surface area contributed by atoms with E-state index in [2.05, 4.69) is 11.4 Å². The lowest BCUT2D eigenvalue weighted by Gasteiger charge is -2.44. The summed E-state index contributed by atoms with van der Waals surface area (Å²) >= 11 is 6.07. The molecule has 3 heteroatoms. The fraction of sp³-hybridized carbons (Fsp3) is 0.600. The maximum Gasteiger partial charge on any atom is 0.0957 e. The quantitative estimate of drug-likeness (QED) is 0.836. The molecule has 1 unspecified atom stereocenters. The first-order valence-electron chi connectivity index (χ1n) is 6.91. The van der Waals surface area contributed by atoms with Crippen LogP contribution in [-0.4, -0.2) is 18.7 Å². The second kappa shape index (κ2) is 5.20. The van der Waals surface area contributed by atoms with Gasteiger partial charge in [0.1, 0.15) is 0 Å². The van der Waals surface area contributed by atoms with Crippen molar-refractivity contribution in [3.63, 3.8) is 0 Å². The minimum Gasteiger partial charge on any atom is -0.364 e. The van der Waals surface area contributed by atoms with E-state index in [9.17, 15) is 0 Å². The molecule has 2 aliphatic rings. The van der Waals surface area contributed by atoms with Crippen LogP contribution in [0.2, 0.25) is 5.02 Å². The lowest BCUT2D eigenvalue weighted by atomic mass is 9.83. The van der Waals surface area contributed by atoms with Crippen LogP contribution < -0.4 is 5.32 Å². The number of ether oxygens (including phenoxy) is 1. The van der Waals surface area contributed by atoms with Crippen molar-refractivity contribution in [3.8, 4) is 0 Å². The summed E-state index contributed by atoms with van der Waals surface area (Å²) in [5.74, 6) is 0. The van der Waals surface area contributed by atoms with Crippen LogP contribution in [0.3, 0.4) is 0 Å². The number of rotatable bonds is 1. The molecule has 1 saturated heterocycles. The molecular weight excluding hydrogens is 246 g/mol. The molecule has 1 aromatic rings. The topological polar surface area (TPSA) is 21.3 Å². The van der Waals surface area contributed by atoms with Crippen molar-refractivity contribution in [2.45, 2.75) is 43.8 Å². The van der Waals surface area contributed by atoms with Crippen LogP contribution in [0.15, 0.2) is 24.3 Å². The molecule has 1 aliphatic carbocycles. The van der Waals surface area contributed by atoms with Crippen molar-refractivity contribution in [2.75, 3.05) is 13.1 Å². The number of halogens is 1. The van der Waals surface area contributed by atoms with Crippen LogP contribution in [0.25, 0.3) is 0 Å². The van der Waals surface area contributed by atoms with E-state index in [0.717, 1.165) is 18.1 Å². The highest BCUT2D eigenvalue weighted by Crippen LogP contribution is 2.38. The molecule has 1 saturated carbocycles. The standard InChI is InChI=1S/C15H20ClNO/c16-13-6-4-5-12(9-13)14-10-17-11-15(18-14)7-2-1-3-8-15/h4-6,9,14,17H,1-3,7-8,10-11H2. The first-order chi connectivity index (χ1) is 8.77. The van der Waals surface area contributed by atoms with E-state index in [1.54, 1.807) is 0 Å². The van der Waals surface area contributed by atoms with E-state index in [4.69, 9.17) is 16.3 Å². The smallest absolute Gasteiger partial charge is 0.0957 e. The molecule has 2 fully saturated rings. The third-order valence-electron chi connectivity index (χ3n) is 4.15. The Morgan fingerprint density at radius 1 is 1.22 bits per heavy atom. The molecule has 1 N–H and O–H groups in total. The van der Waals surface area contributed by atoms with Crippen molar-refractivity contribution in [2.24, 2.45) is 0 Å². The Hall–Kier alpha value is -0.570. The van der Waals surface area contributed by atoms with Gasteiger partial charge < -0.3 is 10.1 Å². The van der Waals surface area contributed by atoms with E-state index >= 15 is 0 Å². The molecule has 0 aromatic heterocycles. The van der Waals surface area contributed by atoms with E-state index in [1.165, 1.54) is 37.7 Å². The summed E-state index contributed by atoms with van der Waals surface area (Å²) in [7, 11) is 0. The van der Waals surface area contributed by atoms with E-state index in [-0.39, 0.29) is 11.7 Å². The van der Waals surface area contributed by atoms with Gasteiger partial charge in [-0.1, -0.05) is 43.0 Å². The van der Waals surface area contributed by atoms with Gasteiger partial charge in [-0.15, -0.1) is 0 Å². The second-order valence-electron chi connectivity index (χ2n) is 5.54. The highest BCUT2D eigenvalue weighted by Gasteiger charge is 2.38. The molecule has 0 bridgehead atoms. The SMILES string of the molecule is Clc1cccc(C2CNCC3(CCCCC3)O2)c1. The number of hydrogen-bond donors (Lipinski definition) is 1. The summed E-state index contributed by atoms with van der Waals surface area (Å²) in [5.41, 5.74) is 1.27. The summed E-state index contributed by atoms with van der Waals surface area (Å²) in [4.78, 5) is 0. The van der Waals surface area contributed by atoms with Gasteiger partial charge in [0.2, 0.25) is 0 Å². The highest BCUT2D eigenvalue weighted by molar-refractivity contribution is 6.30. The Labute approximate surface area is 114 Å². The molecule has 1 aliphatic heterocycles. The van der Waals surface area contributed by atoms with Gasteiger partial charge in [-0.25, -0.2) is 0 Å². The third kappa shape index (κ3) is 2.56. The molecule has 18 heavy (non-hydrogen) atoms. The van der Waals surface area contributed by atoms with Crippen LogP contribution in [0.5, 0.6) is 0 Å². The number of benzene rings is 1. The average Bonchev–Trinajstić information content (AvgIpc) is 2.40. The van der Waals surface area contributed by atoms with Gasteiger partial charge in [0.15, 0.2) is 0 Å². The van der Waals surface area contributed by atoms with Gasteiger partial charge in [0.25, 0.3) is 0 Å². The molecule has 0 amide bonds. The molecule has 3 rings (SSSR count). The van der Waals surface area contributed by atoms with Gasteiger partial charge in [-0.05, 0) is 30.5 Å². The fourth-order valence-electron chi connectivity index (χ4n) is 3.20. The van der Waals surface area contributed by atoms with Crippen molar-refractivity contribution in [3.05, 3.63) is 34.9 Å². The first kappa shape index (κ1) is 12.5. The monoisotopic (exact) mass is 265 g/mol. The van der Waals surface area contributed by atoms with Gasteiger partial charge in [0, 0.05) is 18.1 Å². The minimum atomic E-state index is 0.0729. The Balaban J connectivity index is 1.77. The second-order valence-corrected chi connectivity index (χ2v) is 5.97. The van der Waals surface area contributed by atoms with Gasteiger partial charge in [0.05, 0.1) is 11.7 Å². The molecule has 1 spiro atoms. The summed E-state index contributed by atoms with van der Waals surface area (Å²) in [6.07, 6.45) is 6.48. The van der Waals surface area contributed by atoms with Crippen molar-refractivity contribution >= 4 is 11.6 Å². The van der Waals surface area contributed by atoms with Gasteiger partial charge in [-0.3, -0.25) is 0 Å². The highest BCUT2D eigenvalue weighted by atomic mass is 35.5. The van der Waals surface area contributed by atoms with Crippen LogP contribution in [0, 0.1) is 0 Å². The number of nitrogens with one attached hydrogen (secondary N) is 1. The Kier molecular flexibility index (Phi) is 3.60. The average molecular weight is 266 g/mol. The van der Waals surface area contributed by atoms with E-state index < -0.39 is 0 Å². The van der Waals surface area contributed by atoms with Crippen molar-refractivity contribution < 1.29 is 4.74 Å². The van der Waals surface area contributed by atoms with Gasteiger partial charge in [-0.2, -0.15) is 0 Å². The van der Waals surface area contributed by atoms with Crippen molar-refractivity contribution in [1.29, 1.82) is 0 Å². The minimum absolute atomic E-state index is 0.0729. The Morgan fingerprint density at radius 3 is 2.83 bits per heavy atom. The zero-order chi connectivity index (χ0) is 12.4. The lowest BCUT2D eigenvalue weighted by molar-refractivity contribution is -0.135. The number of morpholine rings is 1. The number of hydrogen-bond acceptors (Lipinski definition) is 2. The largest absolute Gasteiger partial charge is 0.364 e. The Bertz CT molecular complexity index is 409. The maximum absolute atomic E-state index is 6.43. The Morgan fingerprint density at radius 2 is 2.06 bits per heavy atom. The maximum atomic E-state index is 6.43. The molecule has 1 heterocycles. The molecule has 1 atom stereocenters. The molecule has 0 radical (unpaired) electrons. The molecule has 2 nitrogen and oxygen atoms in total. The summed E-state index contributed by atoms with van der Waals surface area (Å²) in [6.45, 7) is 1.89. The zero-order valence-electron chi connectivity index (χ0n) is 10.6. The first-order valence-corrected chi connectivity index (χ1v) is 7.29. The molecular formula is C15H20ClNO. The fourth-order valence-corrected chi connectivity index (χ4v) is 3.40. The van der Waals surface area contributed by atoms with Gasteiger partial charge >= 0.3 is 0 Å². The van der Waals surface area contributed by atoms with E-state index in [1.807, 2.05) is 18.2 Å². The summed E-state index contributed by atoms with van der Waals surface area (Å²) < 4.78 is 6.43. The van der Waals surface area contributed by atoms with Crippen LogP contribution in [-0.2, 0) is 4.74 Å². The summed E-state index contributed by atoms with van der Waals surface area (Å²) in [6, 6.07) is 8.05. The molecule has 1 aromatic carbocycles. The lowest BCUT2D eigenvalue weighted by Crippen LogP contribution is -2.51. The van der Waals surface area contributed by atoms with Crippen LogP contribution in [0.4, 0.5) is 0 Å². The van der Waals surface area contributed by atoms with Crippen LogP contribution in [0.1, 0.15) is 43.8 Å². The normalized spacial score (nSPS) is 27.3. The van der Waals surface area contributed by atoms with Crippen molar-refractivity contribution in [1.82, 2.24) is 5.32 Å². The zero-order valence-corrected chi connectivity index (χ0v) is 11.4.